The second kappa shape index (κ2) is 4.01. The van der Waals surface area contributed by atoms with Crippen LogP contribution in [-0.4, -0.2) is 4.98 Å². The molecule has 106 valence electrons. The largest absolute Gasteiger partial charge is 0.367 e. The number of aromatic nitrogens is 1. The molecular formula is C21H17N. The summed E-state index contributed by atoms with van der Waals surface area (Å²) in [5.74, 6) is 0.433. The van der Waals surface area contributed by atoms with Gasteiger partial charge in [-0.25, -0.2) is 0 Å². The zero-order chi connectivity index (χ0) is 14.8. The van der Waals surface area contributed by atoms with E-state index < -0.39 is 0 Å². The SMILES string of the molecule is Cc1ccc2c(c1)=C1C(=Cc3cc4cc[nH]cc-4c3C1C)C=2. The van der Waals surface area contributed by atoms with E-state index in [2.05, 4.69) is 67.5 Å². The molecule has 1 nitrogen and oxygen atoms in total. The first-order chi connectivity index (χ1) is 10.7. The predicted octanol–water partition coefficient (Wildman–Crippen LogP) is 3.57. The third kappa shape index (κ3) is 1.43. The number of H-pyrrole nitrogens is 1. The van der Waals surface area contributed by atoms with Crippen LogP contribution in [0.2, 0.25) is 0 Å². The predicted molar refractivity (Wildman–Crippen MR) is 92.1 cm³/mol. The standard InChI is InChI=1S/C21H17N/c1-12-3-4-14-8-16-10-17-9-15-5-6-22-11-19(15)21(17)13(2)20(16)18(14)7-12/h3-11,13,22H,1-2H3. The molecule has 5 rings (SSSR count). The van der Waals surface area contributed by atoms with Crippen LogP contribution < -0.4 is 10.4 Å². The third-order valence-corrected chi connectivity index (χ3v) is 5.11. The van der Waals surface area contributed by atoms with E-state index in [0.717, 1.165) is 0 Å². The number of fused-ring (bicyclic) bond motifs is 5. The highest BCUT2D eigenvalue weighted by atomic mass is 14.6. The molecular weight excluding hydrogens is 266 g/mol. The Hall–Kier alpha value is -2.54. The molecule has 0 saturated carbocycles. The van der Waals surface area contributed by atoms with Crippen molar-refractivity contribution in [1.29, 1.82) is 0 Å². The van der Waals surface area contributed by atoms with E-state index in [1.165, 1.54) is 49.4 Å². The third-order valence-electron chi connectivity index (χ3n) is 5.11. The summed E-state index contributed by atoms with van der Waals surface area (Å²) in [7, 11) is 0. The van der Waals surface area contributed by atoms with Gasteiger partial charge in [-0.1, -0.05) is 30.7 Å². The average Bonchev–Trinajstić information content (AvgIpc) is 3.04. The minimum absolute atomic E-state index is 0.433. The van der Waals surface area contributed by atoms with Gasteiger partial charge in [0.1, 0.15) is 0 Å². The molecule has 1 heterocycles. The van der Waals surface area contributed by atoms with Crippen molar-refractivity contribution in [3.63, 3.8) is 0 Å². The Labute approximate surface area is 129 Å². The molecule has 1 unspecified atom stereocenters. The Morgan fingerprint density at radius 1 is 1.05 bits per heavy atom. The summed E-state index contributed by atoms with van der Waals surface area (Å²) in [6.45, 7) is 4.52. The summed E-state index contributed by atoms with van der Waals surface area (Å²) in [6.07, 6.45) is 8.84. The maximum Gasteiger partial charge on any atom is 0.00868 e. The van der Waals surface area contributed by atoms with Crippen LogP contribution in [0.5, 0.6) is 0 Å². The van der Waals surface area contributed by atoms with E-state index in [-0.39, 0.29) is 0 Å². The molecule has 1 heteroatoms. The maximum absolute atomic E-state index is 3.24. The van der Waals surface area contributed by atoms with Gasteiger partial charge in [-0.15, -0.1) is 0 Å². The molecule has 4 aliphatic rings. The molecule has 0 amide bonds. The lowest BCUT2D eigenvalue weighted by molar-refractivity contribution is 0.982. The lowest BCUT2D eigenvalue weighted by Crippen LogP contribution is -2.24. The van der Waals surface area contributed by atoms with Gasteiger partial charge < -0.3 is 4.98 Å². The molecule has 3 aliphatic carbocycles. The van der Waals surface area contributed by atoms with Crippen molar-refractivity contribution >= 4 is 17.7 Å². The fourth-order valence-electron chi connectivity index (χ4n) is 4.15. The fraction of sp³-hybridized carbons (Fsp3) is 0.143. The topological polar surface area (TPSA) is 15.8 Å². The number of aryl methyl sites for hydroxylation is 1. The van der Waals surface area contributed by atoms with Crippen molar-refractivity contribution in [2.45, 2.75) is 19.8 Å². The zero-order valence-electron chi connectivity index (χ0n) is 12.8. The minimum Gasteiger partial charge on any atom is -0.367 e. The van der Waals surface area contributed by atoms with Crippen molar-refractivity contribution in [2.24, 2.45) is 0 Å². The van der Waals surface area contributed by atoms with Crippen LogP contribution in [0.1, 0.15) is 29.5 Å². The molecule has 1 aliphatic heterocycles. The number of pyridine rings is 1. The van der Waals surface area contributed by atoms with Gasteiger partial charge in [-0.2, -0.15) is 0 Å². The Morgan fingerprint density at radius 3 is 2.86 bits per heavy atom. The molecule has 1 atom stereocenters. The Kier molecular flexibility index (Phi) is 2.20. The monoisotopic (exact) mass is 283 g/mol. The molecule has 1 aromatic carbocycles. The number of benzene rings is 1. The summed E-state index contributed by atoms with van der Waals surface area (Å²) in [5.41, 5.74) is 9.74. The van der Waals surface area contributed by atoms with Gasteiger partial charge in [0.15, 0.2) is 0 Å². The number of nitrogens with one attached hydrogen (secondary N) is 1. The molecule has 1 aromatic rings. The lowest BCUT2D eigenvalue weighted by atomic mass is 9.81. The molecule has 0 spiro atoms. The van der Waals surface area contributed by atoms with E-state index in [1.54, 1.807) is 0 Å². The van der Waals surface area contributed by atoms with Crippen LogP contribution >= 0.6 is 0 Å². The molecule has 0 bridgehead atoms. The number of hydrogen-bond acceptors (Lipinski definition) is 0. The number of aromatic amines is 1. The lowest BCUT2D eigenvalue weighted by Gasteiger charge is -2.22. The van der Waals surface area contributed by atoms with E-state index >= 15 is 0 Å². The summed E-state index contributed by atoms with van der Waals surface area (Å²) in [5, 5.41) is 2.78. The molecule has 0 aromatic heterocycles. The van der Waals surface area contributed by atoms with Gasteiger partial charge in [0, 0.05) is 23.9 Å². The summed E-state index contributed by atoms with van der Waals surface area (Å²) < 4.78 is 0. The fourth-order valence-corrected chi connectivity index (χ4v) is 4.15. The number of allylic oxidation sites excluding steroid dienone is 1. The van der Waals surface area contributed by atoms with Crippen molar-refractivity contribution in [2.75, 3.05) is 0 Å². The van der Waals surface area contributed by atoms with Crippen LogP contribution in [0.3, 0.4) is 0 Å². The minimum atomic E-state index is 0.433. The Morgan fingerprint density at radius 2 is 1.95 bits per heavy atom. The first kappa shape index (κ1) is 12.0. The van der Waals surface area contributed by atoms with Gasteiger partial charge in [-0.3, -0.25) is 0 Å². The number of rotatable bonds is 0. The van der Waals surface area contributed by atoms with E-state index in [0.29, 0.717) is 5.92 Å². The van der Waals surface area contributed by atoms with E-state index in [1.807, 2.05) is 6.20 Å². The summed E-state index contributed by atoms with van der Waals surface area (Å²) in [6, 6.07) is 11.3. The molecule has 22 heavy (non-hydrogen) atoms. The molecule has 1 N–H and O–H groups in total. The van der Waals surface area contributed by atoms with Gasteiger partial charge >= 0.3 is 0 Å². The highest BCUT2D eigenvalue weighted by Gasteiger charge is 2.29. The van der Waals surface area contributed by atoms with Crippen LogP contribution in [-0.2, 0) is 0 Å². The van der Waals surface area contributed by atoms with Crippen molar-refractivity contribution in [3.05, 3.63) is 75.4 Å². The second-order valence-electron chi connectivity index (χ2n) is 6.50. The van der Waals surface area contributed by atoms with Gasteiger partial charge in [0.05, 0.1) is 0 Å². The quantitative estimate of drug-likeness (QED) is 0.649. The maximum atomic E-state index is 3.24. The summed E-state index contributed by atoms with van der Waals surface area (Å²) in [4.78, 5) is 3.24. The van der Waals surface area contributed by atoms with E-state index in [4.69, 9.17) is 0 Å². The Balaban J connectivity index is 1.88. The highest BCUT2D eigenvalue weighted by molar-refractivity contribution is 5.98. The highest BCUT2D eigenvalue weighted by Crippen LogP contribution is 2.46. The first-order valence-electron chi connectivity index (χ1n) is 7.86. The van der Waals surface area contributed by atoms with Gasteiger partial charge in [0.2, 0.25) is 0 Å². The first-order valence-corrected chi connectivity index (χ1v) is 7.86. The second-order valence-corrected chi connectivity index (χ2v) is 6.50. The van der Waals surface area contributed by atoms with Gasteiger partial charge in [-0.05, 0) is 69.5 Å². The van der Waals surface area contributed by atoms with Crippen LogP contribution in [0.4, 0.5) is 0 Å². The van der Waals surface area contributed by atoms with Crippen LogP contribution in [0, 0.1) is 6.92 Å². The summed E-state index contributed by atoms with van der Waals surface area (Å²) >= 11 is 0. The van der Waals surface area contributed by atoms with Crippen molar-refractivity contribution < 1.29 is 0 Å². The molecule has 0 radical (unpaired) electrons. The smallest absolute Gasteiger partial charge is 0.00868 e. The number of hydrogen-bond donors (Lipinski definition) is 1. The van der Waals surface area contributed by atoms with Crippen LogP contribution in [0.15, 0.2) is 48.3 Å². The molecule has 0 saturated heterocycles. The van der Waals surface area contributed by atoms with Crippen LogP contribution in [0.25, 0.3) is 28.9 Å². The normalized spacial score (nSPS) is 18.5. The van der Waals surface area contributed by atoms with E-state index in [9.17, 15) is 0 Å². The van der Waals surface area contributed by atoms with Gasteiger partial charge in [0.25, 0.3) is 0 Å². The van der Waals surface area contributed by atoms with Crippen molar-refractivity contribution in [3.8, 4) is 11.1 Å². The zero-order valence-corrected chi connectivity index (χ0v) is 12.8. The van der Waals surface area contributed by atoms with Crippen molar-refractivity contribution in [1.82, 2.24) is 4.98 Å². The molecule has 0 fully saturated rings. The average molecular weight is 283 g/mol. The Bertz CT molecular complexity index is 1050.